The van der Waals surface area contributed by atoms with Gasteiger partial charge in [0.15, 0.2) is 11.5 Å². The highest BCUT2D eigenvalue weighted by Gasteiger charge is 2.18. The molecule has 0 atom stereocenters. The van der Waals surface area contributed by atoms with Gasteiger partial charge in [0.25, 0.3) is 0 Å². The Morgan fingerprint density at radius 2 is 1.90 bits per heavy atom. The van der Waals surface area contributed by atoms with Gasteiger partial charge >= 0.3 is 0 Å². The zero-order chi connectivity index (χ0) is 22.0. The molecular formula is C23H21N5O3. The third kappa shape index (κ3) is 3.78. The highest BCUT2D eigenvalue weighted by atomic mass is 16.3. The van der Waals surface area contributed by atoms with Gasteiger partial charge in [0, 0.05) is 30.5 Å². The van der Waals surface area contributed by atoms with Crippen LogP contribution in [0.4, 0.5) is 11.5 Å². The number of aromatic nitrogens is 3. The predicted octanol–water partition coefficient (Wildman–Crippen LogP) is 3.31. The molecule has 156 valence electrons. The number of nitrogen functional groups attached to an aromatic ring is 1. The Hall–Kier alpha value is -4.33. The Morgan fingerprint density at radius 1 is 1.13 bits per heavy atom. The van der Waals surface area contributed by atoms with Crippen molar-refractivity contribution in [1.29, 1.82) is 0 Å². The molecule has 0 bridgehead atoms. The van der Waals surface area contributed by atoms with Crippen molar-refractivity contribution in [2.75, 3.05) is 17.2 Å². The first-order valence-electron chi connectivity index (χ1n) is 9.60. The van der Waals surface area contributed by atoms with E-state index in [4.69, 9.17) is 5.73 Å². The minimum Gasteiger partial charge on any atom is -0.504 e. The molecular weight excluding hydrogens is 394 g/mol. The molecule has 0 fully saturated rings. The summed E-state index contributed by atoms with van der Waals surface area (Å²) in [5, 5.41) is 20.2. The average molecular weight is 415 g/mol. The molecule has 0 aliphatic carbocycles. The maximum Gasteiger partial charge on any atom is 0.250 e. The Labute approximate surface area is 178 Å². The van der Waals surface area contributed by atoms with Crippen molar-refractivity contribution in [3.05, 3.63) is 73.7 Å². The van der Waals surface area contributed by atoms with Crippen molar-refractivity contribution in [1.82, 2.24) is 14.5 Å². The summed E-state index contributed by atoms with van der Waals surface area (Å²) in [4.78, 5) is 22.6. The lowest BCUT2D eigenvalue weighted by Crippen LogP contribution is -2.32. The van der Waals surface area contributed by atoms with Crippen LogP contribution in [0.2, 0.25) is 0 Å². The van der Waals surface area contributed by atoms with Crippen LogP contribution in [0, 0.1) is 0 Å². The molecule has 2 aromatic carbocycles. The summed E-state index contributed by atoms with van der Waals surface area (Å²) < 4.78 is 1.89. The minimum absolute atomic E-state index is 0.208. The van der Waals surface area contributed by atoms with Crippen LogP contribution in [0.1, 0.15) is 0 Å². The second kappa shape index (κ2) is 8.19. The van der Waals surface area contributed by atoms with Gasteiger partial charge < -0.3 is 25.4 Å². The number of carbonyl (C=O) groups excluding carboxylic acids is 1. The van der Waals surface area contributed by atoms with Gasteiger partial charge in [-0.2, -0.15) is 0 Å². The number of benzene rings is 2. The topological polar surface area (TPSA) is 118 Å². The molecule has 8 heteroatoms. The summed E-state index contributed by atoms with van der Waals surface area (Å²) >= 11 is 0. The number of phenolic OH excluding ortho intramolecular Hbond substituents is 2. The van der Waals surface area contributed by atoms with Gasteiger partial charge in [-0.1, -0.05) is 30.8 Å². The first-order valence-corrected chi connectivity index (χ1v) is 9.60. The van der Waals surface area contributed by atoms with Crippen molar-refractivity contribution in [3.8, 4) is 22.6 Å². The smallest absolute Gasteiger partial charge is 0.250 e. The second-order valence-electron chi connectivity index (χ2n) is 6.93. The van der Waals surface area contributed by atoms with Crippen LogP contribution < -0.4 is 10.6 Å². The monoisotopic (exact) mass is 415 g/mol. The second-order valence-corrected chi connectivity index (χ2v) is 6.93. The zero-order valence-electron chi connectivity index (χ0n) is 16.6. The van der Waals surface area contributed by atoms with Crippen molar-refractivity contribution >= 4 is 28.4 Å². The lowest BCUT2D eigenvalue weighted by Gasteiger charge is -2.21. The van der Waals surface area contributed by atoms with E-state index in [1.165, 1.54) is 24.5 Å². The van der Waals surface area contributed by atoms with Gasteiger partial charge in [-0.05, 0) is 35.9 Å². The van der Waals surface area contributed by atoms with Gasteiger partial charge in [-0.15, -0.1) is 0 Å². The number of anilines is 2. The predicted molar refractivity (Wildman–Crippen MR) is 120 cm³/mol. The van der Waals surface area contributed by atoms with Crippen LogP contribution in [-0.4, -0.2) is 37.2 Å². The van der Waals surface area contributed by atoms with Crippen LogP contribution in [-0.2, 0) is 11.3 Å². The Bertz CT molecular complexity index is 1270. The van der Waals surface area contributed by atoms with E-state index in [1.807, 2.05) is 41.1 Å². The van der Waals surface area contributed by atoms with Crippen LogP contribution in [0.25, 0.3) is 22.2 Å². The lowest BCUT2D eigenvalue weighted by atomic mass is 10.1. The van der Waals surface area contributed by atoms with E-state index in [0.717, 1.165) is 5.69 Å². The number of rotatable bonds is 6. The standard InChI is InChI=1S/C23H21N5O3/c1-2-20(31)28(16-6-4-3-5-7-16)11-10-27-13-17(15-8-9-18(29)19(30)12-15)21-22(24)25-14-26-23(21)27/h2-9,12-14,29-30H,1,10-11H2,(H2,24,25,26). The molecule has 0 saturated heterocycles. The number of carbonyl (C=O) groups is 1. The Balaban J connectivity index is 1.74. The molecule has 8 nitrogen and oxygen atoms in total. The van der Waals surface area contributed by atoms with Crippen LogP contribution >= 0.6 is 0 Å². The zero-order valence-corrected chi connectivity index (χ0v) is 16.6. The van der Waals surface area contributed by atoms with E-state index in [9.17, 15) is 15.0 Å². The molecule has 2 aromatic heterocycles. The fourth-order valence-corrected chi connectivity index (χ4v) is 3.52. The SMILES string of the molecule is C=CC(=O)N(CCn1cc(-c2ccc(O)c(O)c2)c2c(N)ncnc21)c1ccccc1. The molecule has 31 heavy (non-hydrogen) atoms. The first-order chi connectivity index (χ1) is 15.0. The highest BCUT2D eigenvalue weighted by molar-refractivity contribution is 6.02. The number of hydrogen-bond donors (Lipinski definition) is 3. The fourth-order valence-electron chi connectivity index (χ4n) is 3.52. The van der Waals surface area contributed by atoms with E-state index in [0.29, 0.717) is 41.1 Å². The molecule has 1 amide bonds. The van der Waals surface area contributed by atoms with Crippen molar-refractivity contribution < 1.29 is 15.0 Å². The van der Waals surface area contributed by atoms with E-state index >= 15 is 0 Å². The molecule has 0 spiro atoms. The van der Waals surface area contributed by atoms with E-state index in [-0.39, 0.29) is 17.4 Å². The van der Waals surface area contributed by atoms with Crippen molar-refractivity contribution in [3.63, 3.8) is 0 Å². The van der Waals surface area contributed by atoms with Gasteiger partial charge in [-0.3, -0.25) is 4.79 Å². The lowest BCUT2D eigenvalue weighted by molar-refractivity contribution is -0.114. The number of amides is 1. The van der Waals surface area contributed by atoms with Gasteiger partial charge in [0.1, 0.15) is 17.8 Å². The third-order valence-electron chi connectivity index (χ3n) is 5.04. The molecule has 4 rings (SSSR count). The molecule has 4 N–H and O–H groups in total. The number of para-hydroxylation sites is 1. The summed E-state index contributed by atoms with van der Waals surface area (Å²) in [5.74, 6) is -0.354. The average Bonchev–Trinajstić information content (AvgIpc) is 3.16. The normalized spacial score (nSPS) is 10.8. The number of nitrogens with zero attached hydrogens (tertiary/aromatic N) is 4. The van der Waals surface area contributed by atoms with E-state index < -0.39 is 0 Å². The van der Waals surface area contributed by atoms with Gasteiger partial charge in [0.2, 0.25) is 5.91 Å². The molecule has 0 unspecified atom stereocenters. The van der Waals surface area contributed by atoms with Crippen LogP contribution in [0.5, 0.6) is 11.5 Å². The van der Waals surface area contributed by atoms with Crippen molar-refractivity contribution in [2.45, 2.75) is 6.54 Å². The molecule has 0 radical (unpaired) electrons. The Kier molecular flexibility index (Phi) is 5.28. The molecule has 2 heterocycles. The highest BCUT2D eigenvalue weighted by Crippen LogP contribution is 2.36. The number of fused-ring (bicyclic) bond motifs is 1. The summed E-state index contributed by atoms with van der Waals surface area (Å²) in [6.45, 7) is 4.42. The van der Waals surface area contributed by atoms with E-state index in [2.05, 4.69) is 16.5 Å². The van der Waals surface area contributed by atoms with Crippen LogP contribution in [0.15, 0.2) is 73.7 Å². The number of aromatic hydroxyl groups is 2. The third-order valence-corrected chi connectivity index (χ3v) is 5.04. The summed E-state index contributed by atoms with van der Waals surface area (Å²) in [7, 11) is 0. The number of hydrogen-bond acceptors (Lipinski definition) is 6. The molecule has 0 aliphatic rings. The molecule has 0 aliphatic heterocycles. The fraction of sp³-hybridized carbons (Fsp3) is 0.0870. The molecule has 4 aromatic rings. The Morgan fingerprint density at radius 3 is 2.61 bits per heavy atom. The van der Waals surface area contributed by atoms with Gasteiger partial charge in [-0.25, -0.2) is 9.97 Å². The molecule has 0 saturated carbocycles. The summed E-state index contributed by atoms with van der Waals surface area (Å²) in [6.07, 6.45) is 4.52. The number of nitrogens with two attached hydrogens (primary N) is 1. The van der Waals surface area contributed by atoms with Gasteiger partial charge in [0.05, 0.1) is 5.39 Å². The first kappa shape index (κ1) is 20.0. The number of phenols is 2. The maximum atomic E-state index is 12.4. The summed E-state index contributed by atoms with van der Waals surface area (Å²) in [6, 6.07) is 13.9. The quantitative estimate of drug-likeness (QED) is 0.328. The van der Waals surface area contributed by atoms with Crippen LogP contribution in [0.3, 0.4) is 0 Å². The maximum absolute atomic E-state index is 12.4. The summed E-state index contributed by atoms with van der Waals surface area (Å²) in [5.41, 5.74) is 8.88. The van der Waals surface area contributed by atoms with Crippen molar-refractivity contribution in [2.24, 2.45) is 0 Å². The van der Waals surface area contributed by atoms with E-state index in [1.54, 1.807) is 11.0 Å². The largest absolute Gasteiger partial charge is 0.504 e. The minimum atomic E-state index is -0.236.